The summed E-state index contributed by atoms with van der Waals surface area (Å²) < 4.78 is 5.92. The molecule has 0 amide bonds. The van der Waals surface area contributed by atoms with E-state index in [-0.39, 0.29) is 18.5 Å². The van der Waals surface area contributed by atoms with Gasteiger partial charge in [0.05, 0.1) is 6.10 Å². The quantitative estimate of drug-likeness (QED) is 0.729. The van der Waals surface area contributed by atoms with Gasteiger partial charge in [-0.1, -0.05) is 43.9 Å². The Morgan fingerprint density at radius 3 is 2.48 bits per heavy atom. The van der Waals surface area contributed by atoms with Gasteiger partial charge < -0.3 is 4.74 Å². The van der Waals surface area contributed by atoms with Crippen LogP contribution in [0.5, 0.6) is 0 Å². The lowest BCUT2D eigenvalue weighted by molar-refractivity contribution is 0.0156. The number of hydrogen-bond acceptors (Lipinski definition) is 2. The Morgan fingerprint density at radius 1 is 1.19 bits per heavy atom. The number of carbonyl (C=O) groups is 1. The second kappa shape index (κ2) is 7.22. The topological polar surface area (TPSA) is 26.3 Å². The number of ketones is 1. The summed E-state index contributed by atoms with van der Waals surface area (Å²) in [7, 11) is 0. The minimum absolute atomic E-state index is 0.128. The Hall–Kier alpha value is -1.15. The fourth-order valence-corrected chi connectivity index (χ4v) is 3.65. The predicted octanol–water partition coefficient (Wildman–Crippen LogP) is 4.78. The Bertz CT molecular complexity index is 481. The van der Waals surface area contributed by atoms with Crippen LogP contribution in [-0.2, 0) is 4.74 Å². The van der Waals surface area contributed by atoms with Crippen LogP contribution in [0.3, 0.4) is 0 Å². The first-order valence-electron chi connectivity index (χ1n) is 8.24. The van der Waals surface area contributed by atoms with Gasteiger partial charge in [0.1, 0.15) is 6.61 Å². The summed E-state index contributed by atoms with van der Waals surface area (Å²) in [6.07, 6.45) is 6.29. The van der Waals surface area contributed by atoms with Gasteiger partial charge in [-0.25, -0.2) is 0 Å². The summed E-state index contributed by atoms with van der Waals surface area (Å²) in [5.74, 6) is 0.908. The second-order valence-electron chi connectivity index (χ2n) is 6.57. The van der Waals surface area contributed by atoms with Crippen LogP contribution in [0.2, 0.25) is 0 Å². The number of hydrogen-bond donors (Lipinski definition) is 0. The molecule has 1 aromatic rings. The van der Waals surface area contributed by atoms with Crippen LogP contribution in [-0.4, -0.2) is 18.5 Å². The molecule has 0 spiro atoms. The van der Waals surface area contributed by atoms with E-state index in [0.717, 1.165) is 35.4 Å². The predicted molar refractivity (Wildman–Crippen MR) is 87.0 cm³/mol. The van der Waals surface area contributed by atoms with Crippen molar-refractivity contribution >= 4 is 5.78 Å². The SMILES string of the molecule is CCC1CCCC(OCC(=O)c2c(C)cc(C)cc2C)C1. The third-order valence-corrected chi connectivity index (χ3v) is 4.72. The van der Waals surface area contributed by atoms with Crippen molar-refractivity contribution in [2.45, 2.75) is 65.9 Å². The van der Waals surface area contributed by atoms with Crippen LogP contribution in [0, 0.1) is 26.7 Å². The minimum Gasteiger partial charge on any atom is -0.370 e. The standard InChI is InChI=1S/C19H28O2/c1-5-16-7-6-8-17(11-16)21-12-18(20)19-14(3)9-13(2)10-15(19)4/h9-10,16-17H,5-8,11-12H2,1-4H3. The molecule has 0 saturated heterocycles. The zero-order valence-electron chi connectivity index (χ0n) is 13.9. The smallest absolute Gasteiger partial charge is 0.189 e. The first-order valence-corrected chi connectivity index (χ1v) is 8.24. The molecule has 0 bridgehead atoms. The lowest BCUT2D eigenvalue weighted by Crippen LogP contribution is -2.25. The summed E-state index contributed by atoms with van der Waals surface area (Å²) in [5.41, 5.74) is 4.19. The molecule has 0 aliphatic heterocycles. The van der Waals surface area contributed by atoms with Crippen molar-refractivity contribution in [1.82, 2.24) is 0 Å². The highest BCUT2D eigenvalue weighted by Crippen LogP contribution is 2.28. The van der Waals surface area contributed by atoms with Gasteiger partial charge in [0.15, 0.2) is 5.78 Å². The average molecular weight is 288 g/mol. The van der Waals surface area contributed by atoms with E-state index in [4.69, 9.17) is 4.74 Å². The molecular formula is C19H28O2. The Kier molecular flexibility index (Phi) is 5.58. The van der Waals surface area contributed by atoms with Gasteiger partial charge in [-0.3, -0.25) is 4.79 Å². The number of ether oxygens (including phenoxy) is 1. The summed E-state index contributed by atoms with van der Waals surface area (Å²) in [6, 6.07) is 4.15. The van der Waals surface area contributed by atoms with E-state index in [9.17, 15) is 4.79 Å². The zero-order valence-corrected chi connectivity index (χ0v) is 13.9. The molecule has 0 N–H and O–H groups in total. The normalized spacial score (nSPS) is 22.3. The van der Waals surface area contributed by atoms with E-state index in [1.807, 2.05) is 13.8 Å². The van der Waals surface area contributed by atoms with Gasteiger partial charge in [0.2, 0.25) is 0 Å². The van der Waals surface area contributed by atoms with Crippen LogP contribution in [0.15, 0.2) is 12.1 Å². The van der Waals surface area contributed by atoms with E-state index in [2.05, 4.69) is 26.0 Å². The summed E-state index contributed by atoms with van der Waals surface area (Å²) in [6.45, 7) is 8.57. The van der Waals surface area contributed by atoms with Gasteiger partial charge in [-0.05, 0) is 50.7 Å². The number of rotatable bonds is 5. The largest absolute Gasteiger partial charge is 0.370 e. The highest BCUT2D eigenvalue weighted by molar-refractivity contribution is 5.99. The summed E-state index contributed by atoms with van der Waals surface area (Å²) in [5, 5.41) is 0. The van der Waals surface area contributed by atoms with E-state index in [1.54, 1.807) is 0 Å². The minimum atomic E-state index is 0.128. The lowest BCUT2D eigenvalue weighted by Gasteiger charge is -2.28. The van der Waals surface area contributed by atoms with Crippen molar-refractivity contribution < 1.29 is 9.53 Å². The molecule has 2 nitrogen and oxygen atoms in total. The van der Waals surface area contributed by atoms with Gasteiger partial charge in [0.25, 0.3) is 0 Å². The first kappa shape index (κ1) is 16.2. The maximum absolute atomic E-state index is 12.5. The number of Topliss-reactive ketones (excluding diaryl/α,β-unsaturated/α-hetero) is 1. The number of benzene rings is 1. The Balaban J connectivity index is 1.96. The van der Waals surface area contributed by atoms with Crippen LogP contribution in [0.1, 0.15) is 66.1 Å². The molecule has 1 aromatic carbocycles. The Labute approximate surface area is 128 Å². The molecular weight excluding hydrogens is 260 g/mol. The third-order valence-electron chi connectivity index (χ3n) is 4.72. The molecule has 1 fully saturated rings. The van der Waals surface area contributed by atoms with Gasteiger partial charge >= 0.3 is 0 Å². The average Bonchev–Trinajstić information content (AvgIpc) is 2.44. The molecule has 1 saturated carbocycles. The third kappa shape index (κ3) is 4.16. The first-order chi connectivity index (χ1) is 10.0. The van der Waals surface area contributed by atoms with E-state index < -0.39 is 0 Å². The monoisotopic (exact) mass is 288 g/mol. The van der Waals surface area contributed by atoms with E-state index >= 15 is 0 Å². The van der Waals surface area contributed by atoms with Crippen LogP contribution in [0.4, 0.5) is 0 Å². The lowest BCUT2D eigenvalue weighted by atomic mass is 9.85. The van der Waals surface area contributed by atoms with Crippen LogP contribution < -0.4 is 0 Å². The molecule has 1 aliphatic carbocycles. The molecule has 0 radical (unpaired) electrons. The van der Waals surface area contributed by atoms with Crippen molar-refractivity contribution in [2.24, 2.45) is 5.92 Å². The number of aryl methyl sites for hydroxylation is 3. The molecule has 116 valence electrons. The second-order valence-corrected chi connectivity index (χ2v) is 6.57. The van der Waals surface area contributed by atoms with Crippen molar-refractivity contribution in [3.8, 4) is 0 Å². The van der Waals surface area contributed by atoms with E-state index in [0.29, 0.717) is 0 Å². The van der Waals surface area contributed by atoms with Gasteiger partial charge in [0, 0.05) is 5.56 Å². The van der Waals surface area contributed by atoms with Crippen molar-refractivity contribution in [3.63, 3.8) is 0 Å². The van der Waals surface area contributed by atoms with Crippen molar-refractivity contribution in [1.29, 1.82) is 0 Å². The van der Waals surface area contributed by atoms with E-state index in [1.165, 1.54) is 24.8 Å². The summed E-state index contributed by atoms with van der Waals surface area (Å²) >= 11 is 0. The molecule has 1 aliphatic rings. The molecule has 0 aromatic heterocycles. The van der Waals surface area contributed by atoms with Crippen molar-refractivity contribution in [2.75, 3.05) is 6.61 Å². The molecule has 2 unspecified atom stereocenters. The maximum Gasteiger partial charge on any atom is 0.189 e. The highest BCUT2D eigenvalue weighted by Gasteiger charge is 2.22. The fourth-order valence-electron chi connectivity index (χ4n) is 3.65. The van der Waals surface area contributed by atoms with Crippen LogP contribution >= 0.6 is 0 Å². The molecule has 2 rings (SSSR count). The van der Waals surface area contributed by atoms with Gasteiger partial charge in [-0.2, -0.15) is 0 Å². The molecule has 0 heterocycles. The van der Waals surface area contributed by atoms with Crippen LogP contribution in [0.25, 0.3) is 0 Å². The molecule has 2 heteroatoms. The molecule has 21 heavy (non-hydrogen) atoms. The Morgan fingerprint density at radius 2 is 1.86 bits per heavy atom. The summed E-state index contributed by atoms with van der Waals surface area (Å²) in [4.78, 5) is 12.5. The fraction of sp³-hybridized carbons (Fsp3) is 0.632. The number of carbonyl (C=O) groups excluding carboxylic acids is 1. The van der Waals surface area contributed by atoms with Gasteiger partial charge in [-0.15, -0.1) is 0 Å². The highest BCUT2D eigenvalue weighted by atomic mass is 16.5. The molecule has 2 atom stereocenters. The zero-order chi connectivity index (χ0) is 15.4. The van der Waals surface area contributed by atoms with Crippen molar-refractivity contribution in [3.05, 3.63) is 34.4 Å². The maximum atomic E-state index is 12.5.